The van der Waals surface area contributed by atoms with E-state index in [1.807, 2.05) is 12.1 Å². The molecule has 126 valence electrons. The van der Waals surface area contributed by atoms with E-state index in [0.717, 1.165) is 17.7 Å². The number of carbonyl (C=O) groups is 1. The zero-order chi connectivity index (χ0) is 17.7. The van der Waals surface area contributed by atoms with Gasteiger partial charge in [-0.05, 0) is 37.6 Å². The molecule has 1 atom stereocenters. The fourth-order valence-corrected chi connectivity index (χ4v) is 3.10. The molecule has 0 bridgehead atoms. The van der Waals surface area contributed by atoms with Crippen LogP contribution in [0.3, 0.4) is 0 Å². The first-order valence-corrected chi connectivity index (χ1v) is 7.37. The molecule has 1 aliphatic rings. The first-order valence-electron chi connectivity index (χ1n) is 7.37. The molecule has 1 aromatic carbocycles. The van der Waals surface area contributed by atoms with Gasteiger partial charge in [0.15, 0.2) is 0 Å². The van der Waals surface area contributed by atoms with E-state index in [1.54, 1.807) is 19.1 Å². The molecule has 2 heterocycles. The number of hydrogen-bond donors (Lipinski definition) is 1. The molecule has 24 heavy (non-hydrogen) atoms. The molecule has 0 spiro atoms. The van der Waals surface area contributed by atoms with Crippen molar-refractivity contribution in [2.24, 2.45) is 5.73 Å². The van der Waals surface area contributed by atoms with Gasteiger partial charge in [0, 0.05) is 17.8 Å². The van der Waals surface area contributed by atoms with E-state index in [-0.39, 0.29) is 11.5 Å². The number of halogens is 3. The fraction of sp³-hybridized carbons (Fsp3) is 0.294. The number of nitrogens with two attached hydrogens (primary N) is 1. The average Bonchev–Trinajstić information content (AvgIpc) is 2.79. The third kappa shape index (κ3) is 2.50. The van der Waals surface area contributed by atoms with Gasteiger partial charge < -0.3 is 10.6 Å². The Hall–Kier alpha value is -2.57. The molecule has 2 aromatic rings. The molecule has 2 N–H and O–H groups in total. The fourth-order valence-electron chi connectivity index (χ4n) is 3.10. The Morgan fingerprint density at radius 3 is 2.58 bits per heavy atom. The Bertz CT molecular complexity index is 819. The van der Waals surface area contributed by atoms with Crippen LogP contribution in [0.4, 0.5) is 24.7 Å². The monoisotopic (exact) mass is 335 g/mol. The van der Waals surface area contributed by atoms with Gasteiger partial charge in [-0.3, -0.25) is 4.79 Å². The maximum absolute atomic E-state index is 13.1. The van der Waals surface area contributed by atoms with E-state index in [9.17, 15) is 18.0 Å². The molecule has 0 saturated heterocycles. The molecular formula is C17H16F3N3O. The van der Waals surface area contributed by atoms with Gasteiger partial charge in [-0.2, -0.15) is 13.2 Å². The summed E-state index contributed by atoms with van der Waals surface area (Å²) in [5, 5.41) is 0. The second kappa shape index (κ2) is 5.22. The Morgan fingerprint density at radius 1 is 1.29 bits per heavy atom. The van der Waals surface area contributed by atoms with Gasteiger partial charge >= 0.3 is 6.18 Å². The van der Waals surface area contributed by atoms with Gasteiger partial charge in [0.25, 0.3) is 0 Å². The number of rotatable bonds is 2. The zero-order valence-electron chi connectivity index (χ0n) is 13.2. The predicted molar refractivity (Wildman–Crippen MR) is 83.9 cm³/mol. The van der Waals surface area contributed by atoms with Crippen molar-refractivity contribution in [3.05, 3.63) is 53.2 Å². The van der Waals surface area contributed by atoms with Gasteiger partial charge in [-0.1, -0.05) is 18.2 Å². The van der Waals surface area contributed by atoms with Crippen LogP contribution in [0.25, 0.3) is 0 Å². The molecule has 3 rings (SSSR count). The van der Waals surface area contributed by atoms with Crippen LogP contribution in [-0.4, -0.2) is 16.4 Å². The number of amides is 1. The maximum Gasteiger partial charge on any atom is 0.416 e. The van der Waals surface area contributed by atoms with Gasteiger partial charge in [0.2, 0.25) is 5.91 Å². The Balaban J connectivity index is 2.22. The van der Waals surface area contributed by atoms with Crippen LogP contribution >= 0.6 is 0 Å². The van der Waals surface area contributed by atoms with Crippen LogP contribution in [0.5, 0.6) is 0 Å². The summed E-state index contributed by atoms with van der Waals surface area (Å²) in [7, 11) is 0. The minimum absolute atomic E-state index is 0.0635. The molecule has 7 heteroatoms. The van der Waals surface area contributed by atoms with Crippen LogP contribution < -0.4 is 10.6 Å². The van der Waals surface area contributed by atoms with Crippen LogP contribution in [0.15, 0.2) is 36.4 Å². The van der Waals surface area contributed by atoms with Gasteiger partial charge in [-0.25, -0.2) is 4.98 Å². The molecule has 0 fully saturated rings. The van der Waals surface area contributed by atoms with E-state index in [2.05, 4.69) is 4.98 Å². The van der Waals surface area contributed by atoms with Crippen molar-refractivity contribution < 1.29 is 18.0 Å². The van der Waals surface area contributed by atoms with Crippen molar-refractivity contribution in [2.45, 2.75) is 32.0 Å². The summed E-state index contributed by atoms with van der Waals surface area (Å²) < 4.78 is 39.4. The van der Waals surface area contributed by atoms with Crippen molar-refractivity contribution >= 4 is 17.4 Å². The van der Waals surface area contributed by atoms with Crippen molar-refractivity contribution in [3.63, 3.8) is 0 Å². The van der Waals surface area contributed by atoms with Gasteiger partial charge in [0.05, 0.1) is 5.56 Å². The maximum atomic E-state index is 13.1. The van der Waals surface area contributed by atoms with Crippen LogP contribution in [0.1, 0.15) is 23.7 Å². The Kier molecular flexibility index (Phi) is 3.55. The average molecular weight is 335 g/mol. The zero-order valence-corrected chi connectivity index (χ0v) is 13.2. The molecule has 1 aromatic heterocycles. The van der Waals surface area contributed by atoms with Crippen LogP contribution in [-0.2, 0) is 17.4 Å². The summed E-state index contributed by atoms with van der Waals surface area (Å²) in [6.07, 6.45) is -4.18. The highest BCUT2D eigenvalue weighted by Gasteiger charge is 2.46. The predicted octanol–water partition coefficient (Wildman–Crippen LogP) is 3.35. The quantitative estimate of drug-likeness (QED) is 0.916. The third-order valence-electron chi connectivity index (χ3n) is 4.29. The molecule has 1 aliphatic heterocycles. The first kappa shape index (κ1) is 16.3. The lowest BCUT2D eigenvalue weighted by Crippen LogP contribution is -2.52. The summed E-state index contributed by atoms with van der Waals surface area (Å²) in [6, 6.07) is 9.09. The highest BCUT2D eigenvalue weighted by atomic mass is 19.4. The number of primary amides is 1. The first-order chi connectivity index (χ1) is 11.1. The normalized spacial score (nSPS) is 20.1. The minimum Gasteiger partial charge on any atom is -0.368 e. The molecule has 1 unspecified atom stereocenters. The number of fused-ring (bicyclic) bond motifs is 1. The van der Waals surface area contributed by atoms with E-state index in [4.69, 9.17) is 5.73 Å². The summed E-state index contributed by atoms with van der Waals surface area (Å²) >= 11 is 0. The molecular weight excluding hydrogens is 319 g/mol. The Morgan fingerprint density at radius 2 is 1.96 bits per heavy atom. The molecule has 4 nitrogen and oxygen atoms in total. The highest BCUT2D eigenvalue weighted by Crippen LogP contribution is 2.44. The second-order valence-corrected chi connectivity index (χ2v) is 6.13. The number of nitrogens with zero attached hydrogens (tertiary/aromatic N) is 2. The summed E-state index contributed by atoms with van der Waals surface area (Å²) in [5.74, 6) is -0.552. The van der Waals surface area contributed by atoms with E-state index < -0.39 is 23.2 Å². The molecule has 0 saturated carbocycles. The summed E-state index contributed by atoms with van der Waals surface area (Å²) in [5.41, 5.74) is 5.30. The lowest BCUT2D eigenvalue weighted by molar-refractivity contribution is -0.137. The van der Waals surface area contributed by atoms with Crippen molar-refractivity contribution in [1.82, 2.24) is 4.98 Å². The van der Waals surface area contributed by atoms with Crippen LogP contribution in [0, 0.1) is 6.92 Å². The van der Waals surface area contributed by atoms with E-state index in [0.29, 0.717) is 12.1 Å². The highest BCUT2D eigenvalue weighted by molar-refractivity contribution is 5.94. The lowest BCUT2D eigenvalue weighted by Gasteiger charge is -2.34. The Labute approximate surface area is 137 Å². The number of benzene rings is 1. The smallest absolute Gasteiger partial charge is 0.368 e. The molecule has 0 radical (unpaired) electrons. The van der Waals surface area contributed by atoms with Crippen LogP contribution in [0.2, 0.25) is 0 Å². The third-order valence-corrected chi connectivity index (χ3v) is 4.29. The van der Waals surface area contributed by atoms with E-state index in [1.165, 1.54) is 11.8 Å². The molecule has 1 amide bonds. The molecule has 0 aliphatic carbocycles. The summed E-state index contributed by atoms with van der Waals surface area (Å²) in [4.78, 5) is 17.8. The number of aryl methyl sites for hydroxylation is 1. The van der Waals surface area contributed by atoms with Gasteiger partial charge in [-0.15, -0.1) is 0 Å². The number of pyridine rings is 1. The SMILES string of the molecule is Cc1cc(C(F)(F)F)cc(N2c3ccccc3CC2(C)C(N)=O)n1. The largest absolute Gasteiger partial charge is 0.416 e. The number of carbonyl (C=O) groups excluding carboxylic acids is 1. The standard InChI is InChI=1S/C17H16F3N3O/c1-10-7-12(17(18,19)20)8-14(22-10)23-13-6-4-3-5-11(13)9-16(23,2)15(21)24/h3-8H,9H2,1-2H3,(H2,21,24). The summed E-state index contributed by atoms with van der Waals surface area (Å²) in [6.45, 7) is 3.11. The van der Waals surface area contributed by atoms with Crippen molar-refractivity contribution in [2.75, 3.05) is 4.90 Å². The number of alkyl halides is 3. The second-order valence-electron chi connectivity index (χ2n) is 6.13. The number of hydrogen-bond acceptors (Lipinski definition) is 3. The lowest BCUT2D eigenvalue weighted by atomic mass is 9.95. The minimum atomic E-state index is -4.50. The number of anilines is 2. The van der Waals surface area contributed by atoms with Crippen molar-refractivity contribution in [3.8, 4) is 0 Å². The number of aromatic nitrogens is 1. The topological polar surface area (TPSA) is 59.2 Å². The van der Waals surface area contributed by atoms with Gasteiger partial charge in [0.1, 0.15) is 11.4 Å². The number of para-hydroxylation sites is 1. The van der Waals surface area contributed by atoms with E-state index >= 15 is 0 Å². The van der Waals surface area contributed by atoms with Crippen molar-refractivity contribution in [1.29, 1.82) is 0 Å².